The summed E-state index contributed by atoms with van der Waals surface area (Å²) in [4.78, 5) is 21.9. The van der Waals surface area contributed by atoms with Gasteiger partial charge >= 0.3 is 0 Å². The Morgan fingerprint density at radius 3 is 2.22 bits per heavy atom. The molecule has 0 bridgehead atoms. The van der Waals surface area contributed by atoms with E-state index in [4.69, 9.17) is 9.47 Å². The Bertz CT molecular complexity index is 1550. The zero-order valence-electron chi connectivity index (χ0n) is 20.7. The molecule has 37 heavy (non-hydrogen) atoms. The lowest BCUT2D eigenvalue weighted by atomic mass is 10.1. The molecule has 0 saturated heterocycles. The summed E-state index contributed by atoms with van der Waals surface area (Å²) in [6, 6.07) is 27.3. The molecule has 0 aliphatic rings. The lowest BCUT2D eigenvalue weighted by Gasteiger charge is -2.12. The fraction of sp³-hybridized carbons (Fsp3) is 0.103. The zero-order chi connectivity index (χ0) is 25.8. The van der Waals surface area contributed by atoms with Crippen molar-refractivity contribution < 1.29 is 14.3 Å². The van der Waals surface area contributed by atoms with Gasteiger partial charge < -0.3 is 14.8 Å². The van der Waals surface area contributed by atoms with Gasteiger partial charge in [0.25, 0.3) is 5.91 Å². The number of hydrogen-bond acceptors (Lipinski definition) is 6. The molecule has 1 amide bonds. The summed E-state index contributed by atoms with van der Waals surface area (Å²) >= 11 is 0. The molecule has 2 heterocycles. The van der Waals surface area contributed by atoms with Crippen molar-refractivity contribution in [1.82, 2.24) is 19.7 Å². The number of nitrogens with one attached hydrogen (secondary N) is 1. The van der Waals surface area contributed by atoms with Gasteiger partial charge in [0, 0.05) is 17.4 Å². The number of aryl methyl sites for hydroxylation is 3. The van der Waals surface area contributed by atoms with Crippen molar-refractivity contribution in [2.24, 2.45) is 0 Å². The van der Waals surface area contributed by atoms with E-state index in [1.165, 1.54) is 0 Å². The summed E-state index contributed by atoms with van der Waals surface area (Å²) in [5.41, 5.74) is 2.93. The number of amides is 1. The SMILES string of the molecule is Cc1cc(C)n(-c2cc(Oc3ccc(NC(=O)c4ccccc4Oc4ccccc4)cc3)nc(C)n2)n1. The van der Waals surface area contributed by atoms with Crippen LogP contribution in [-0.2, 0) is 0 Å². The normalized spacial score (nSPS) is 10.7. The van der Waals surface area contributed by atoms with Crippen molar-refractivity contribution >= 4 is 11.6 Å². The Morgan fingerprint density at radius 1 is 0.784 bits per heavy atom. The molecule has 0 fully saturated rings. The smallest absolute Gasteiger partial charge is 0.259 e. The number of nitrogens with zero attached hydrogens (tertiary/aromatic N) is 4. The second-order valence-corrected chi connectivity index (χ2v) is 8.44. The molecule has 0 radical (unpaired) electrons. The summed E-state index contributed by atoms with van der Waals surface area (Å²) in [6.45, 7) is 5.71. The molecular weight excluding hydrogens is 466 g/mol. The largest absolute Gasteiger partial charge is 0.457 e. The molecule has 2 aromatic heterocycles. The van der Waals surface area contributed by atoms with Crippen LogP contribution in [0, 0.1) is 20.8 Å². The van der Waals surface area contributed by atoms with Crippen LogP contribution in [0.2, 0.25) is 0 Å². The highest BCUT2D eigenvalue weighted by atomic mass is 16.5. The molecule has 0 atom stereocenters. The van der Waals surface area contributed by atoms with E-state index in [1.54, 1.807) is 60.1 Å². The van der Waals surface area contributed by atoms with E-state index < -0.39 is 0 Å². The van der Waals surface area contributed by atoms with Crippen molar-refractivity contribution in [1.29, 1.82) is 0 Å². The minimum atomic E-state index is -0.277. The number of ether oxygens (including phenoxy) is 2. The van der Waals surface area contributed by atoms with Crippen molar-refractivity contribution in [3.8, 4) is 28.9 Å². The fourth-order valence-electron chi connectivity index (χ4n) is 3.83. The van der Waals surface area contributed by atoms with Gasteiger partial charge in [-0.2, -0.15) is 10.1 Å². The van der Waals surface area contributed by atoms with Crippen molar-refractivity contribution in [3.05, 3.63) is 114 Å². The van der Waals surface area contributed by atoms with Gasteiger partial charge in [0.2, 0.25) is 5.88 Å². The fourth-order valence-corrected chi connectivity index (χ4v) is 3.83. The molecule has 0 unspecified atom stereocenters. The van der Waals surface area contributed by atoms with Crippen molar-refractivity contribution in [2.45, 2.75) is 20.8 Å². The van der Waals surface area contributed by atoms with Crippen LogP contribution >= 0.6 is 0 Å². The summed E-state index contributed by atoms with van der Waals surface area (Å²) in [5.74, 6) is 3.03. The molecule has 0 aliphatic heterocycles. The maximum absolute atomic E-state index is 13.0. The van der Waals surface area contributed by atoms with Gasteiger partial charge in [-0.1, -0.05) is 30.3 Å². The Morgan fingerprint density at radius 2 is 1.49 bits per heavy atom. The Kier molecular flexibility index (Phi) is 6.63. The molecule has 0 aliphatic carbocycles. The zero-order valence-corrected chi connectivity index (χ0v) is 20.7. The average Bonchev–Trinajstić information content (AvgIpc) is 3.23. The average molecular weight is 492 g/mol. The maximum atomic E-state index is 13.0. The number of carbonyl (C=O) groups excluding carboxylic acids is 1. The van der Waals surface area contributed by atoms with Crippen LogP contribution in [-0.4, -0.2) is 25.7 Å². The monoisotopic (exact) mass is 491 g/mol. The first-order valence-electron chi connectivity index (χ1n) is 11.7. The first-order valence-corrected chi connectivity index (χ1v) is 11.7. The molecule has 5 aromatic rings. The first-order chi connectivity index (χ1) is 17.9. The van der Waals surface area contributed by atoms with Gasteiger partial charge in [-0.15, -0.1) is 0 Å². The van der Waals surface area contributed by atoms with Crippen molar-refractivity contribution in [3.63, 3.8) is 0 Å². The van der Waals surface area contributed by atoms with Crippen LogP contribution in [0.3, 0.4) is 0 Å². The first kappa shape index (κ1) is 23.7. The number of benzene rings is 3. The number of hydrogen-bond donors (Lipinski definition) is 1. The van der Waals surface area contributed by atoms with E-state index in [2.05, 4.69) is 20.4 Å². The van der Waals surface area contributed by atoms with E-state index in [9.17, 15) is 4.79 Å². The van der Waals surface area contributed by atoms with Gasteiger partial charge in [-0.3, -0.25) is 4.79 Å². The Balaban J connectivity index is 1.29. The molecule has 3 aromatic carbocycles. The minimum Gasteiger partial charge on any atom is -0.457 e. The predicted octanol–water partition coefficient (Wildman–Crippen LogP) is 6.42. The van der Waals surface area contributed by atoms with E-state index in [-0.39, 0.29) is 5.91 Å². The highest BCUT2D eigenvalue weighted by Crippen LogP contribution is 2.27. The minimum absolute atomic E-state index is 0.277. The molecular formula is C29H25N5O3. The number of para-hydroxylation sites is 2. The second kappa shape index (κ2) is 10.3. The van der Waals surface area contributed by atoms with Gasteiger partial charge in [-0.05, 0) is 75.4 Å². The predicted molar refractivity (Wildman–Crippen MR) is 141 cm³/mol. The molecule has 8 heteroatoms. The molecule has 1 N–H and O–H groups in total. The van der Waals surface area contributed by atoms with E-state index >= 15 is 0 Å². The third kappa shape index (κ3) is 5.65. The third-order valence-electron chi connectivity index (χ3n) is 5.46. The topological polar surface area (TPSA) is 91.2 Å². The molecule has 5 rings (SSSR count). The van der Waals surface area contributed by atoms with Gasteiger partial charge in [0.05, 0.1) is 11.3 Å². The highest BCUT2D eigenvalue weighted by molar-refractivity contribution is 6.06. The van der Waals surface area contributed by atoms with Crippen molar-refractivity contribution in [2.75, 3.05) is 5.32 Å². The highest BCUT2D eigenvalue weighted by Gasteiger charge is 2.14. The van der Waals surface area contributed by atoms with Crippen LogP contribution in [0.4, 0.5) is 5.69 Å². The molecule has 0 saturated carbocycles. The van der Waals surface area contributed by atoms with Crippen LogP contribution in [0.15, 0.2) is 91.0 Å². The maximum Gasteiger partial charge on any atom is 0.259 e. The van der Waals surface area contributed by atoms with E-state index in [1.807, 2.05) is 56.3 Å². The number of anilines is 1. The lowest BCUT2D eigenvalue weighted by molar-refractivity contribution is 0.102. The second-order valence-electron chi connectivity index (χ2n) is 8.44. The van der Waals surface area contributed by atoms with E-state index in [0.29, 0.717) is 46.0 Å². The molecule has 0 spiro atoms. The van der Waals surface area contributed by atoms with Crippen LogP contribution in [0.1, 0.15) is 27.6 Å². The standard InChI is InChI=1S/C29H25N5O3/c1-19-17-20(2)34(33-19)27-18-28(31-21(3)30-27)37-24-15-13-22(14-16-24)32-29(35)25-11-7-8-12-26(25)36-23-9-5-4-6-10-23/h4-18H,1-3H3,(H,32,35). The quantitative estimate of drug-likeness (QED) is 0.282. The molecule has 8 nitrogen and oxygen atoms in total. The van der Waals surface area contributed by atoms with Gasteiger partial charge in [-0.25, -0.2) is 9.67 Å². The van der Waals surface area contributed by atoms with Gasteiger partial charge in [0.1, 0.15) is 23.1 Å². The Hall–Kier alpha value is -4.98. The Labute approximate surface area is 214 Å². The number of rotatable bonds is 7. The number of carbonyl (C=O) groups is 1. The third-order valence-corrected chi connectivity index (χ3v) is 5.46. The van der Waals surface area contributed by atoms with E-state index in [0.717, 1.165) is 11.4 Å². The summed E-state index contributed by atoms with van der Waals surface area (Å²) in [6.07, 6.45) is 0. The van der Waals surface area contributed by atoms with Crippen LogP contribution in [0.25, 0.3) is 5.82 Å². The lowest BCUT2D eigenvalue weighted by Crippen LogP contribution is -2.12. The van der Waals surface area contributed by atoms with Gasteiger partial charge in [0.15, 0.2) is 5.82 Å². The molecule has 184 valence electrons. The van der Waals surface area contributed by atoms with Crippen LogP contribution < -0.4 is 14.8 Å². The van der Waals surface area contributed by atoms with Crippen LogP contribution in [0.5, 0.6) is 23.1 Å². The summed E-state index contributed by atoms with van der Waals surface area (Å²) in [5, 5.41) is 7.40. The summed E-state index contributed by atoms with van der Waals surface area (Å²) in [7, 11) is 0. The summed E-state index contributed by atoms with van der Waals surface area (Å²) < 4.78 is 13.6. The number of aromatic nitrogens is 4.